The number of anilines is 2. The SMILES string of the molecule is Cc1nc(N)nc(NC(C)c2nc3ccn(C)c3cc2C2CCN(C(=O)OC(C)(C)C)CC2)c1C#N. The molecule has 0 aromatic carbocycles. The van der Waals surface area contributed by atoms with Gasteiger partial charge in [0.25, 0.3) is 0 Å². The van der Waals surface area contributed by atoms with Gasteiger partial charge in [0, 0.05) is 26.3 Å². The number of nitrogen functional groups attached to an aromatic ring is 1. The van der Waals surface area contributed by atoms with E-state index in [1.54, 1.807) is 11.8 Å². The number of rotatable bonds is 4. The Morgan fingerprint density at radius 3 is 2.61 bits per heavy atom. The van der Waals surface area contributed by atoms with Crippen LogP contribution in [-0.4, -0.2) is 49.2 Å². The molecule has 1 atom stereocenters. The number of likely N-dealkylation sites (tertiary alicyclic amines) is 1. The molecule has 1 saturated heterocycles. The van der Waals surface area contributed by atoms with Crippen molar-refractivity contribution in [1.82, 2.24) is 24.4 Å². The molecule has 10 nitrogen and oxygen atoms in total. The van der Waals surface area contributed by atoms with E-state index in [1.165, 1.54) is 0 Å². The Morgan fingerprint density at radius 1 is 1.28 bits per heavy atom. The second-order valence-electron chi connectivity index (χ2n) is 10.4. The molecule has 0 radical (unpaired) electrons. The predicted octanol–water partition coefficient (Wildman–Crippen LogP) is 4.41. The summed E-state index contributed by atoms with van der Waals surface area (Å²) in [6.45, 7) is 10.6. The van der Waals surface area contributed by atoms with E-state index in [9.17, 15) is 10.1 Å². The molecule has 0 aliphatic carbocycles. The molecule has 1 unspecified atom stereocenters. The molecule has 4 heterocycles. The van der Waals surface area contributed by atoms with Crippen molar-refractivity contribution in [2.75, 3.05) is 24.1 Å². The number of nitriles is 1. The molecule has 10 heteroatoms. The number of nitrogens with zero attached hydrogens (tertiary/aromatic N) is 6. The van der Waals surface area contributed by atoms with Crippen LogP contribution in [0.3, 0.4) is 0 Å². The maximum Gasteiger partial charge on any atom is 0.410 e. The zero-order valence-electron chi connectivity index (χ0n) is 21.8. The molecule has 36 heavy (non-hydrogen) atoms. The van der Waals surface area contributed by atoms with E-state index >= 15 is 0 Å². The summed E-state index contributed by atoms with van der Waals surface area (Å²) >= 11 is 0. The number of fused-ring (bicyclic) bond motifs is 1. The Morgan fingerprint density at radius 2 is 1.97 bits per heavy atom. The third-order valence-electron chi connectivity index (χ3n) is 6.50. The van der Waals surface area contributed by atoms with E-state index in [4.69, 9.17) is 15.5 Å². The standard InChI is InChI=1S/C26H34N8O2/c1-15-19(14-27)23(32-24(28)30-15)29-16(2)22-18(13-21-20(31-22)9-10-33(21)6)17-7-11-34(12-8-17)25(35)36-26(3,4)5/h9-10,13,16-17H,7-8,11-12H2,1-6H3,(H3,28,29,30,32). The summed E-state index contributed by atoms with van der Waals surface area (Å²) in [5.41, 5.74) is 10.2. The van der Waals surface area contributed by atoms with Gasteiger partial charge in [-0.1, -0.05) is 0 Å². The number of ether oxygens (including phenoxy) is 1. The fourth-order valence-corrected chi connectivity index (χ4v) is 4.69. The van der Waals surface area contributed by atoms with Crippen molar-refractivity contribution >= 4 is 28.9 Å². The highest BCUT2D eigenvalue weighted by Gasteiger charge is 2.30. The van der Waals surface area contributed by atoms with Gasteiger partial charge < -0.3 is 25.3 Å². The first-order chi connectivity index (χ1) is 17.0. The number of pyridine rings is 1. The number of amides is 1. The van der Waals surface area contributed by atoms with Crippen LogP contribution in [0.1, 0.15) is 75.0 Å². The van der Waals surface area contributed by atoms with E-state index in [0.29, 0.717) is 30.2 Å². The molecular weight excluding hydrogens is 456 g/mol. The topological polar surface area (TPSA) is 135 Å². The molecule has 190 valence electrons. The first-order valence-corrected chi connectivity index (χ1v) is 12.2. The summed E-state index contributed by atoms with van der Waals surface area (Å²) in [4.78, 5) is 27.8. The number of carbonyl (C=O) groups excluding carboxylic acids is 1. The fourth-order valence-electron chi connectivity index (χ4n) is 4.69. The monoisotopic (exact) mass is 490 g/mol. The second kappa shape index (κ2) is 9.64. The average Bonchev–Trinajstić information content (AvgIpc) is 3.17. The summed E-state index contributed by atoms with van der Waals surface area (Å²) in [5.74, 6) is 0.737. The molecule has 0 saturated carbocycles. The molecule has 0 spiro atoms. The fraction of sp³-hybridized carbons (Fsp3) is 0.500. The number of piperidine rings is 1. The Balaban J connectivity index is 1.64. The van der Waals surface area contributed by atoms with Gasteiger partial charge in [0.05, 0.1) is 28.5 Å². The van der Waals surface area contributed by atoms with Crippen molar-refractivity contribution in [3.63, 3.8) is 0 Å². The Hall–Kier alpha value is -3.87. The van der Waals surface area contributed by atoms with E-state index < -0.39 is 5.60 Å². The largest absolute Gasteiger partial charge is 0.444 e. The molecule has 3 aromatic heterocycles. The molecule has 0 bridgehead atoms. The van der Waals surface area contributed by atoms with Crippen LogP contribution < -0.4 is 11.1 Å². The lowest BCUT2D eigenvalue weighted by Gasteiger charge is -2.34. The molecule has 3 N–H and O–H groups in total. The summed E-state index contributed by atoms with van der Waals surface area (Å²) < 4.78 is 7.62. The highest BCUT2D eigenvalue weighted by molar-refractivity contribution is 5.77. The number of hydrogen-bond donors (Lipinski definition) is 2. The van der Waals surface area contributed by atoms with Crippen LogP contribution in [0.5, 0.6) is 0 Å². The van der Waals surface area contributed by atoms with Crippen LogP contribution in [0.25, 0.3) is 11.0 Å². The molecule has 1 fully saturated rings. The van der Waals surface area contributed by atoms with Crippen molar-refractivity contribution in [2.24, 2.45) is 7.05 Å². The quantitative estimate of drug-likeness (QED) is 0.549. The first-order valence-electron chi connectivity index (χ1n) is 12.2. The van der Waals surface area contributed by atoms with Gasteiger partial charge in [0.15, 0.2) is 0 Å². The lowest BCUT2D eigenvalue weighted by Crippen LogP contribution is -2.41. The van der Waals surface area contributed by atoms with Crippen LogP contribution in [0.2, 0.25) is 0 Å². The number of carbonyl (C=O) groups is 1. The minimum absolute atomic E-state index is 0.113. The van der Waals surface area contributed by atoms with E-state index in [-0.39, 0.29) is 24.0 Å². The maximum atomic E-state index is 12.6. The third-order valence-corrected chi connectivity index (χ3v) is 6.50. The maximum absolute atomic E-state index is 12.6. The number of aromatic nitrogens is 4. The molecule has 1 aliphatic rings. The van der Waals surface area contributed by atoms with Gasteiger partial charge in [-0.3, -0.25) is 0 Å². The van der Waals surface area contributed by atoms with Crippen LogP contribution in [0.15, 0.2) is 18.3 Å². The van der Waals surface area contributed by atoms with E-state index in [0.717, 1.165) is 35.1 Å². The third kappa shape index (κ3) is 5.20. The van der Waals surface area contributed by atoms with Crippen molar-refractivity contribution < 1.29 is 9.53 Å². The number of aryl methyl sites for hydroxylation is 2. The summed E-state index contributed by atoms with van der Waals surface area (Å²) in [6.07, 6.45) is 3.34. The smallest absolute Gasteiger partial charge is 0.410 e. The van der Waals surface area contributed by atoms with Crippen molar-refractivity contribution in [2.45, 2.75) is 65.0 Å². The second-order valence-corrected chi connectivity index (χ2v) is 10.4. The molecule has 1 aliphatic heterocycles. The number of nitrogens with two attached hydrogens (primary N) is 1. The average molecular weight is 491 g/mol. The summed E-state index contributed by atoms with van der Waals surface area (Å²) in [6, 6.07) is 6.13. The number of hydrogen-bond acceptors (Lipinski definition) is 8. The van der Waals surface area contributed by atoms with E-state index in [2.05, 4.69) is 32.0 Å². The molecule has 4 rings (SSSR count). The van der Waals surface area contributed by atoms with Gasteiger partial charge in [-0.05, 0) is 71.1 Å². The van der Waals surface area contributed by atoms with E-state index in [1.807, 2.05) is 47.0 Å². The van der Waals surface area contributed by atoms with Gasteiger partial charge in [-0.15, -0.1) is 0 Å². The van der Waals surface area contributed by atoms with Crippen LogP contribution >= 0.6 is 0 Å². The van der Waals surface area contributed by atoms with Crippen molar-refractivity contribution in [3.05, 3.63) is 40.8 Å². The van der Waals surface area contributed by atoms with Gasteiger partial charge in [0.2, 0.25) is 5.95 Å². The van der Waals surface area contributed by atoms with Gasteiger partial charge in [0.1, 0.15) is 23.1 Å². The summed E-state index contributed by atoms with van der Waals surface area (Å²) in [5, 5.41) is 13.0. The van der Waals surface area contributed by atoms with Crippen molar-refractivity contribution in [1.29, 1.82) is 5.26 Å². The highest BCUT2D eigenvalue weighted by Crippen LogP contribution is 2.36. The van der Waals surface area contributed by atoms with Crippen molar-refractivity contribution in [3.8, 4) is 6.07 Å². The lowest BCUT2D eigenvalue weighted by molar-refractivity contribution is 0.0204. The Kier molecular flexibility index (Phi) is 6.76. The van der Waals surface area contributed by atoms with Gasteiger partial charge in [-0.25, -0.2) is 14.8 Å². The zero-order valence-corrected chi connectivity index (χ0v) is 21.8. The molecule has 3 aromatic rings. The molecule has 1 amide bonds. The molecular formula is C26H34N8O2. The van der Waals surface area contributed by atoms with Gasteiger partial charge >= 0.3 is 6.09 Å². The normalized spacial score (nSPS) is 15.5. The van der Waals surface area contributed by atoms with Crippen LogP contribution in [0, 0.1) is 18.3 Å². The Labute approximate surface area is 211 Å². The lowest BCUT2D eigenvalue weighted by atomic mass is 9.86. The van der Waals surface area contributed by atoms with Gasteiger partial charge in [-0.2, -0.15) is 10.2 Å². The Bertz CT molecular complexity index is 1330. The van der Waals surface area contributed by atoms with Crippen LogP contribution in [0.4, 0.5) is 16.6 Å². The minimum atomic E-state index is -0.519. The number of nitrogens with one attached hydrogen (secondary N) is 1. The first kappa shape index (κ1) is 25.2. The minimum Gasteiger partial charge on any atom is -0.444 e. The summed E-state index contributed by atoms with van der Waals surface area (Å²) in [7, 11) is 2.01. The van der Waals surface area contributed by atoms with Crippen LogP contribution in [-0.2, 0) is 11.8 Å². The zero-order chi connectivity index (χ0) is 26.2. The highest BCUT2D eigenvalue weighted by atomic mass is 16.6. The predicted molar refractivity (Wildman–Crippen MR) is 138 cm³/mol.